The summed E-state index contributed by atoms with van der Waals surface area (Å²) in [5.74, 6) is 0.530. The van der Waals surface area contributed by atoms with Crippen LogP contribution in [0.4, 0.5) is 10.6 Å². The van der Waals surface area contributed by atoms with Gasteiger partial charge in [-0.05, 0) is 17.7 Å². The third-order valence-electron chi connectivity index (χ3n) is 3.75. The minimum Gasteiger partial charge on any atom is -0.442 e. The number of cyclic esters (lactones) is 1. The molecule has 1 aromatic heterocycles. The summed E-state index contributed by atoms with van der Waals surface area (Å²) < 4.78 is 6.88. The van der Waals surface area contributed by atoms with Gasteiger partial charge in [0.25, 0.3) is 0 Å². The van der Waals surface area contributed by atoms with Crippen LogP contribution in [0.25, 0.3) is 0 Å². The first-order valence-corrected chi connectivity index (χ1v) is 7.88. The van der Waals surface area contributed by atoms with E-state index >= 15 is 0 Å². The summed E-state index contributed by atoms with van der Waals surface area (Å²) in [6.07, 6.45) is 1.05. The summed E-state index contributed by atoms with van der Waals surface area (Å²) in [7, 11) is 1.75. The number of benzene rings is 1. The lowest BCUT2D eigenvalue weighted by molar-refractivity contribution is -0.120. The van der Waals surface area contributed by atoms with Gasteiger partial charge in [0.15, 0.2) is 0 Å². The first-order valence-electron chi connectivity index (χ1n) is 7.50. The maximum Gasteiger partial charge on any atom is 0.416 e. The standard InChI is InChI=1S/C16H17ClN4O3/c1-20-15(6-7-19-20)21-10-13(24-16(21)23)9-18-14(22)8-11-2-4-12(17)5-3-11/h2-7,13H,8-10H2,1H3,(H,18,22). The van der Waals surface area contributed by atoms with Gasteiger partial charge in [0.2, 0.25) is 5.91 Å². The number of aromatic nitrogens is 2. The zero-order valence-corrected chi connectivity index (χ0v) is 13.9. The summed E-state index contributed by atoms with van der Waals surface area (Å²) in [4.78, 5) is 25.4. The van der Waals surface area contributed by atoms with Gasteiger partial charge in [-0.1, -0.05) is 23.7 Å². The molecule has 1 atom stereocenters. The summed E-state index contributed by atoms with van der Waals surface area (Å²) in [5, 5.41) is 7.46. The van der Waals surface area contributed by atoms with E-state index in [1.54, 1.807) is 36.1 Å². The first-order chi connectivity index (χ1) is 11.5. The molecule has 1 aromatic carbocycles. The van der Waals surface area contributed by atoms with Crippen LogP contribution in [0.15, 0.2) is 36.5 Å². The Hall–Kier alpha value is -2.54. The second kappa shape index (κ2) is 6.92. The molecule has 1 saturated heterocycles. The molecule has 0 aliphatic carbocycles. The zero-order chi connectivity index (χ0) is 17.1. The molecule has 0 spiro atoms. The number of nitrogens with one attached hydrogen (secondary N) is 1. The highest BCUT2D eigenvalue weighted by atomic mass is 35.5. The lowest BCUT2D eigenvalue weighted by Crippen LogP contribution is -2.35. The van der Waals surface area contributed by atoms with Crippen LogP contribution in [0.5, 0.6) is 0 Å². The van der Waals surface area contributed by atoms with Crippen molar-refractivity contribution >= 4 is 29.4 Å². The van der Waals surface area contributed by atoms with Gasteiger partial charge in [-0.15, -0.1) is 0 Å². The van der Waals surface area contributed by atoms with Crippen molar-refractivity contribution in [3.8, 4) is 0 Å². The number of ether oxygens (including phenoxy) is 1. The van der Waals surface area contributed by atoms with E-state index in [9.17, 15) is 9.59 Å². The minimum atomic E-state index is -0.435. The quantitative estimate of drug-likeness (QED) is 0.893. The highest BCUT2D eigenvalue weighted by Gasteiger charge is 2.33. The van der Waals surface area contributed by atoms with Crippen molar-refractivity contribution in [2.75, 3.05) is 18.0 Å². The van der Waals surface area contributed by atoms with E-state index in [1.165, 1.54) is 4.90 Å². The molecule has 1 N–H and O–H groups in total. The van der Waals surface area contributed by atoms with Crippen molar-refractivity contribution in [1.29, 1.82) is 0 Å². The summed E-state index contributed by atoms with van der Waals surface area (Å²) in [6, 6.07) is 8.84. The van der Waals surface area contributed by atoms with Crippen molar-refractivity contribution in [2.45, 2.75) is 12.5 Å². The fourth-order valence-electron chi connectivity index (χ4n) is 2.52. The number of aryl methyl sites for hydroxylation is 1. The van der Waals surface area contributed by atoms with E-state index in [2.05, 4.69) is 10.4 Å². The zero-order valence-electron chi connectivity index (χ0n) is 13.1. The molecule has 3 rings (SSSR count). The number of hydrogen-bond acceptors (Lipinski definition) is 4. The highest BCUT2D eigenvalue weighted by Crippen LogP contribution is 2.20. The Bertz CT molecular complexity index is 744. The Morgan fingerprint density at radius 3 is 2.79 bits per heavy atom. The Balaban J connectivity index is 1.50. The van der Waals surface area contributed by atoms with Gasteiger partial charge >= 0.3 is 6.09 Å². The fraction of sp³-hybridized carbons (Fsp3) is 0.312. The molecule has 0 bridgehead atoms. The predicted octanol–water partition coefficient (Wildman–Crippen LogP) is 1.76. The molecule has 8 heteroatoms. The molecule has 1 aliphatic heterocycles. The number of anilines is 1. The van der Waals surface area contributed by atoms with Crippen LogP contribution in [0.1, 0.15) is 5.56 Å². The number of hydrogen-bond donors (Lipinski definition) is 1. The normalized spacial score (nSPS) is 17.0. The van der Waals surface area contributed by atoms with Gasteiger partial charge in [0.1, 0.15) is 11.9 Å². The second-order valence-corrected chi connectivity index (χ2v) is 5.97. The number of carbonyl (C=O) groups excluding carboxylic acids is 2. The molecule has 1 aliphatic rings. The molecule has 0 radical (unpaired) electrons. The molecular formula is C16H17ClN4O3. The van der Waals surface area contributed by atoms with Gasteiger partial charge in [-0.2, -0.15) is 5.10 Å². The Morgan fingerprint density at radius 2 is 2.12 bits per heavy atom. The topological polar surface area (TPSA) is 76.5 Å². The molecule has 2 amide bonds. The minimum absolute atomic E-state index is 0.132. The monoisotopic (exact) mass is 348 g/mol. The van der Waals surface area contributed by atoms with Crippen LogP contribution in [0.3, 0.4) is 0 Å². The van der Waals surface area contributed by atoms with Gasteiger partial charge < -0.3 is 10.1 Å². The third kappa shape index (κ3) is 3.68. The Kier molecular flexibility index (Phi) is 4.71. The fourth-order valence-corrected chi connectivity index (χ4v) is 2.65. The van der Waals surface area contributed by atoms with E-state index in [0.717, 1.165) is 5.56 Å². The molecule has 1 fully saturated rings. The lowest BCUT2D eigenvalue weighted by atomic mass is 10.1. The van der Waals surface area contributed by atoms with Crippen LogP contribution < -0.4 is 10.2 Å². The maximum atomic E-state index is 12.0. The molecular weight excluding hydrogens is 332 g/mol. The summed E-state index contributed by atoms with van der Waals surface area (Å²) in [5.41, 5.74) is 0.872. The van der Waals surface area contributed by atoms with Gasteiger partial charge in [-0.3, -0.25) is 14.4 Å². The molecule has 2 heterocycles. The number of carbonyl (C=O) groups is 2. The third-order valence-corrected chi connectivity index (χ3v) is 4.00. The van der Waals surface area contributed by atoms with Gasteiger partial charge in [0, 0.05) is 18.1 Å². The number of nitrogens with zero attached hydrogens (tertiary/aromatic N) is 3. The molecule has 126 valence electrons. The number of halogens is 1. The molecule has 1 unspecified atom stereocenters. The Morgan fingerprint density at radius 1 is 1.38 bits per heavy atom. The SMILES string of the molecule is Cn1nccc1N1CC(CNC(=O)Cc2ccc(Cl)cc2)OC1=O. The average molecular weight is 349 g/mol. The number of rotatable bonds is 5. The predicted molar refractivity (Wildman–Crippen MR) is 89.0 cm³/mol. The van der Waals surface area contributed by atoms with Crippen LogP contribution in [0, 0.1) is 0 Å². The lowest BCUT2D eigenvalue weighted by Gasteiger charge is -2.12. The van der Waals surface area contributed by atoms with Crippen molar-refractivity contribution in [3.05, 3.63) is 47.1 Å². The van der Waals surface area contributed by atoms with E-state index < -0.39 is 6.09 Å². The van der Waals surface area contributed by atoms with Gasteiger partial charge in [0.05, 0.1) is 25.7 Å². The highest BCUT2D eigenvalue weighted by molar-refractivity contribution is 6.30. The van der Waals surface area contributed by atoms with E-state index in [0.29, 0.717) is 17.4 Å². The smallest absolute Gasteiger partial charge is 0.416 e. The van der Waals surface area contributed by atoms with Crippen LogP contribution in [-0.2, 0) is 23.0 Å². The van der Waals surface area contributed by atoms with Crippen LogP contribution in [0.2, 0.25) is 5.02 Å². The van der Waals surface area contributed by atoms with E-state index in [-0.39, 0.29) is 25.0 Å². The van der Waals surface area contributed by atoms with Gasteiger partial charge in [-0.25, -0.2) is 4.79 Å². The molecule has 0 saturated carbocycles. The van der Waals surface area contributed by atoms with Crippen molar-refractivity contribution in [2.24, 2.45) is 7.05 Å². The van der Waals surface area contributed by atoms with Crippen LogP contribution in [-0.4, -0.2) is 41.0 Å². The summed E-state index contributed by atoms with van der Waals surface area (Å²) in [6.45, 7) is 0.645. The molecule has 24 heavy (non-hydrogen) atoms. The van der Waals surface area contributed by atoms with E-state index in [1.807, 2.05) is 12.1 Å². The number of amides is 2. The maximum absolute atomic E-state index is 12.0. The Labute approximate surface area is 144 Å². The molecule has 7 nitrogen and oxygen atoms in total. The molecule has 2 aromatic rings. The van der Waals surface area contributed by atoms with Crippen molar-refractivity contribution < 1.29 is 14.3 Å². The van der Waals surface area contributed by atoms with Crippen LogP contribution >= 0.6 is 11.6 Å². The van der Waals surface area contributed by atoms with Crippen molar-refractivity contribution in [1.82, 2.24) is 15.1 Å². The second-order valence-electron chi connectivity index (χ2n) is 5.54. The summed E-state index contributed by atoms with van der Waals surface area (Å²) >= 11 is 5.82. The van der Waals surface area contributed by atoms with Crippen molar-refractivity contribution in [3.63, 3.8) is 0 Å². The first kappa shape index (κ1) is 16.3. The van der Waals surface area contributed by atoms with E-state index in [4.69, 9.17) is 16.3 Å². The largest absolute Gasteiger partial charge is 0.442 e. The average Bonchev–Trinajstić information content (AvgIpc) is 3.13.